The highest BCUT2D eigenvalue weighted by Gasteiger charge is 2.32. The van der Waals surface area contributed by atoms with Gasteiger partial charge in [0.25, 0.3) is 0 Å². The molecule has 1 aliphatic rings. The zero-order valence-corrected chi connectivity index (χ0v) is 14.3. The van der Waals surface area contributed by atoms with Crippen molar-refractivity contribution in [3.63, 3.8) is 0 Å². The number of carbonyl (C=O) groups excluding carboxylic acids is 1. The number of hydrogen-bond donors (Lipinski definition) is 1. The third-order valence-corrected chi connectivity index (χ3v) is 4.55. The summed E-state index contributed by atoms with van der Waals surface area (Å²) in [5.74, 6) is 0.617. The summed E-state index contributed by atoms with van der Waals surface area (Å²) in [5.41, 5.74) is 5.98. The lowest BCUT2D eigenvalue weighted by molar-refractivity contribution is -0.138. The van der Waals surface area contributed by atoms with Gasteiger partial charge >= 0.3 is 0 Å². The van der Waals surface area contributed by atoms with E-state index >= 15 is 0 Å². The summed E-state index contributed by atoms with van der Waals surface area (Å²) in [6, 6.07) is 0.137. The molecule has 0 spiro atoms. The van der Waals surface area contributed by atoms with Crippen LogP contribution in [0.4, 0.5) is 0 Å². The van der Waals surface area contributed by atoms with Crippen LogP contribution in [-0.2, 0) is 9.53 Å². The van der Waals surface area contributed by atoms with E-state index in [-0.39, 0.29) is 35.9 Å². The maximum Gasteiger partial charge on any atom is 0.223 e. The molecular formula is C15H31ClN2O2. The fourth-order valence-electron chi connectivity index (χ4n) is 2.47. The van der Waals surface area contributed by atoms with Crippen molar-refractivity contribution in [3.8, 4) is 0 Å². The van der Waals surface area contributed by atoms with Crippen LogP contribution in [0.3, 0.4) is 0 Å². The number of methoxy groups -OCH3 is 1. The Labute approximate surface area is 129 Å². The van der Waals surface area contributed by atoms with Crippen LogP contribution in [0.1, 0.15) is 47.0 Å². The Balaban J connectivity index is 0.00000361. The fraction of sp³-hybridized carbons (Fsp3) is 0.933. The van der Waals surface area contributed by atoms with E-state index < -0.39 is 0 Å². The van der Waals surface area contributed by atoms with Crippen LogP contribution >= 0.6 is 12.4 Å². The molecule has 3 atom stereocenters. The first-order valence-corrected chi connectivity index (χ1v) is 7.32. The first-order valence-electron chi connectivity index (χ1n) is 7.32. The fourth-order valence-corrected chi connectivity index (χ4v) is 2.47. The van der Waals surface area contributed by atoms with Crippen LogP contribution in [0.25, 0.3) is 0 Å². The van der Waals surface area contributed by atoms with E-state index in [4.69, 9.17) is 10.5 Å². The van der Waals surface area contributed by atoms with Gasteiger partial charge in [-0.2, -0.15) is 0 Å². The van der Waals surface area contributed by atoms with Crippen molar-refractivity contribution in [1.82, 2.24) is 4.90 Å². The molecule has 0 aromatic carbocycles. The molecule has 1 amide bonds. The standard InChI is InChI=1S/C15H30N2O2.ClH/c1-11(15(2,3)4)8-14(18)17-7-6-13(19-5)9-12(17)10-16;/h11-13H,6-10,16H2,1-5H3;1H. The van der Waals surface area contributed by atoms with E-state index in [1.165, 1.54) is 0 Å². The van der Waals surface area contributed by atoms with Gasteiger partial charge in [0.1, 0.15) is 0 Å². The number of amides is 1. The third kappa shape index (κ3) is 5.23. The minimum absolute atomic E-state index is 0. The molecule has 1 rings (SSSR count). The van der Waals surface area contributed by atoms with Gasteiger partial charge in [-0.3, -0.25) is 4.79 Å². The topological polar surface area (TPSA) is 55.6 Å². The Morgan fingerprint density at radius 1 is 1.45 bits per heavy atom. The Kier molecular flexibility index (Phi) is 8.07. The monoisotopic (exact) mass is 306 g/mol. The number of nitrogens with zero attached hydrogens (tertiary/aromatic N) is 1. The Hall–Kier alpha value is -0.320. The lowest BCUT2D eigenvalue weighted by atomic mass is 9.79. The molecule has 1 heterocycles. The molecule has 20 heavy (non-hydrogen) atoms. The second kappa shape index (κ2) is 8.20. The number of hydrogen-bond acceptors (Lipinski definition) is 3. The lowest BCUT2D eigenvalue weighted by Gasteiger charge is -2.39. The smallest absolute Gasteiger partial charge is 0.223 e. The highest BCUT2D eigenvalue weighted by atomic mass is 35.5. The third-order valence-electron chi connectivity index (χ3n) is 4.55. The van der Waals surface area contributed by atoms with Gasteiger partial charge in [-0.1, -0.05) is 27.7 Å². The molecule has 1 fully saturated rings. The van der Waals surface area contributed by atoms with Crippen molar-refractivity contribution >= 4 is 18.3 Å². The van der Waals surface area contributed by atoms with Crippen molar-refractivity contribution in [2.24, 2.45) is 17.1 Å². The molecule has 1 aliphatic heterocycles. The summed E-state index contributed by atoms with van der Waals surface area (Å²) >= 11 is 0. The van der Waals surface area contributed by atoms with Gasteiger partial charge in [0.15, 0.2) is 0 Å². The van der Waals surface area contributed by atoms with Crippen molar-refractivity contribution in [1.29, 1.82) is 0 Å². The van der Waals surface area contributed by atoms with Crippen LogP contribution in [0.5, 0.6) is 0 Å². The van der Waals surface area contributed by atoms with Gasteiger partial charge in [-0.05, 0) is 24.2 Å². The Morgan fingerprint density at radius 2 is 2.05 bits per heavy atom. The molecule has 4 nitrogen and oxygen atoms in total. The number of carbonyl (C=O) groups is 1. The van der Waals surface area contributed by atoms with Crippen molar-refractivity contribution < 1.29 is 9.53 Å². The Bertz CT molecular complexity index is 305. The second-order valence-corrected chi connectivity index (χ2v) is 6.83. The largest absolute Gasteiger partial charge is 0.381 e. The van der Waals surface area contributed by atoms with Gasteiger partial charge in [0, 0.05) is 32.7 Å². The average molecular weight is 307 g/mol. The maximum absolute atomic E-state index is 12.4. The molecule has 0 saturated carbocycles. The average Bonchev–Trinajstić information content (AvgIpc) is 2.36. The summed E-state index contributed by atoms with van der Waals surface area (Å²) in [6.45, 7) is 10.00. The van der Waals surface area contributed by atoms with E-state index in [1.807, 2.05) is 4.90 Å². The number of piperidine rings is 1. The number of halogens is 1. The normalized spacial score (nSPS) is 25.0. The molecule has 5 heteroatoms. The molecule has 2 N–H and O–H groups in total. The van der Waals surface area contributed by atoms with Crippen LogP contribution in [-0.4, -0.2) is 43.2 Å². The van der Waals surface area contributed by atoms with Gasteiger partial charge in [-0.25, -0.2) is 0 Å². The molecule has 0 aromatic rings. The quantitative estimate of drug-likeness (QED) is 0.868. The highest BCUT2D eigenvalue weighted by molar-refractivity contribution is 5.85. The molecule has 1 saturated heterocycles. The number of rotatable bonds is 4. The second-order valence-electron chi connectivity index (χ2n) is 6.83. The van der Waals surface area contributed by atoms with E-state index in [0.717, 1.165) is 19.4 Å². The summed E-state index contributed by atoms with van der Waals surface area (Å²) < 4.78 is 5.39. The summed E-state index contributed by atoms with van der Waals surface area (Å²) in [7, 11) is 1.73. The molecule has 0 aromatic heterocycles. The van der Waals surface area contributed by atoms with Crippen molar-refractivity contribution in [2.75, 3.05) is 20.2 Å². The van der Waals surface area contributed by atoms with Crippen molar-refractivity contribution in [2.45, 2.75) is 59.1 Å². The maximum atomic E-state index is 12.4. The first-order chi connectivity index (χ1) is 8.79. The minimum Gasteiger partial charge on any atom is -0.381 e. The number of nitrogens with two attached hydrogens (primary N) is 1. The summed E-state index contributed by atoms with van der Waals surface area (Å²) in [4.78, 5) is 14.4. The molecule has 120 valence electrons. The predicted molar refractivity (Wildman–Crippen MR) is 85.1 cm³/mol. The van der Waals surface area contributed by atoms with Crippen molar-refractivity contribution in [3.05, 3.63) is 0 Å². The van der Waals surface area contributed by atoms with Crippen LogP contribution < -0.4 is 5.73 Å². The highest BCUT2D eigenvalue weighted by Crippen LogP contribution is 2.29. The van der Waals surface area contributed by atoms with E-state index in [0.29, 0.717) is 18.9 Å². The van der Waals surface area contributed by atoms with E-state index in [2.05, 4.69) is 27.7 Å². The van der Waals surface area contributed by atoms with Gasteiger partial charge in [0.2, 0.25) is 5.91 Å². The van der Waals surface area contributed by atoms with Gasteiger partial charge < -0.3 is 15.4 Å². The SMILES string of the molecule is COC1CCN(C(=O)CC(C)C(C)(C)C)C(CN)C1.Cl. The predicted octanol–water partition coefficient (Wildman–Crippen LogP) is 2.45. The minimum atomic E-state index is 0. The van der Waals surface area contributed by atoms with Crippen LogP contribution in [0.2, 0.25) is 0 Å². The van der Waals surface area contributed by atoms with Crippen LogP contribution in [0.15, 0.2) is 0 Å². The van der Waals surface area contributed by atoms with Gasteiger partial charge in [-0.15, -0.1) is 12.4 Å². The summed E-state index contributed by atoms with van der Waals surface area (Å²) in [5, 5.41) is 0. The van der Waals surface area contributed by atoms with Gasteiger partial charge in [0.05, 0.1) is 6.10 Å². The molecule has 3 unspecified atom stereocenters. The van der Waals surface area contributed by atoms with E-state index in [9.17, 15) is 4.79 Å². The Morgan fingerprint density at radius 3 is 2.50 bits per heavy atom. The lowest BCUT2D eigenvalue weighted by Crippen LogP contribution is -2.51. The first kappa shape index (κ1) is 19.7. The van der Waals surface area contributed by atoms with Crippen LogP contribution in [0, 0.1) is 11.3 Å². The zero-order chi connectivity index (χ0) is 14.6. The zero-order valence-electron chi connectivity index (χ0n) is 13.5. The molecule has 0 aliphatic carbocycles. The molecule has 0 radical (unpaired) electrons. The molecular weight excluding hydrogens is 276 g/mol. The number of likely N-dealkylation sites (tertiary alicyclic amines) is 1. The molecule has 0 bridgehead atoms. The van der Waals surface area contributed by atoms with E-state index in [1.54, 1.807) is 7.11 Å². The summed E-state index contributed by atoms with van der Waals surface area (Å²) in [6.07, 6.45) is 2.64. The number of ether oxygens (including phenoxy) is 1.